The normalized spacial score (nSPS) is 15.0. The third kappa shape index (κ3) is 3.05. The van der Waals surface area contributed by atoms with Gasteiger partial charge in [-0.15, -0.1) is 0 Å². The number of aromatic amines is 1. The molecule has 1 fully saturated rings. The van der Waals surface area contributed by atoms with Gasteiger partial charge in [0.2, 0.25) is 6.79 Å². The number of ether oxygens (including phenoxy) is 2. The molecule has 1 aromatic heterocycles. The number of aromatic nitrogens is 2. The molecule has 0 saturated heterocycles. The van der Waals surface area contributed by atoms with Gasteiger partial charge in [-0.2, -0.15) is 0 Å². The fraction of sp³-hybridized carbons (Fsp3) is 0.250. The second-order valence-corrected chi connectivity index (χ2v) is 7.40. The molecule has 0 unspecified atom stereocenters. The first-order valence-corrected chi connectivity index (χ1v) is 9.45. The van der Waals surface area contributed by atoms with Crippen LogP contribution in [-0.2, 0) is 6.54 Å². The van der Waals surface area contributed by atoms with E-state index in [0.29, 0.717) is 45.3 Å². The second-order valence-electron chi connectivity index (χ2n) is 7.02. The van der Waals surface area contributed by atoms with Crippen LogP contribution in [0.5, 0.6) is 11.5 Å². The van der Waals surface area contributed by atoms with Gasteiger partial charge in [-0.25, -0.2) is 0 Å². The lowest BCUT2D eigenvalue weighted by atomic mass is 10.1. The molecule has 1 saturated carbocycles. The third-order valence-corrected chi connectivity index (χ3v) is 5.27. The van der Waals surface area contributed by atoms with E-state index in [1.165, 1.54) is 4.57 Å². The van der Waals surface area contributed by atoms with Crippen molar-refractivity contribution in [3.05, 3.63) is 62.6 Å². The summed E-state index contributed by atoms with van der Waals surface area (Å²) >= 11 is 5.39. The van der Waals surface area contributed by atoms with Crippen LogP contribution in [-0.4, -0.2) is 28.3 Å². The maximum absolute atomic E-state index is 13.0. The minimum absolute atomic E-state index is 0.0645. The van der Waals surface area contributed by atoms with Gasteiger partial charge in [0.1, 0.15) is 0 Å². The van der Waals surface area contributed by atoms with E-state index >= 15 is 0 Å². The molecule has 142 valence electrons. The Morgan fingerprint density at radius 3 is 2.61 bits per heavy atom. The van der Waals surface area contributed by atoms with E-state index in [4.69, 9.17) is 21.7 Å². The Balaban J connectivity index is 1.46. The summed E-state index contributed by atoms with van der Waals surface area (Å²) in [6.45, 7) is 0.449. The molecule has 7 nitrogen and oxygen atoms in total. The Morgan fingerprint density at radius 2 is 1.89 bits per heavy atom. The van der Waals surface area contributed by atoms with Gasteiger partial charge in [0, 0.05) is 17.7 Å². The zero-order valence-corrected chi connectivity index (χ0v) is 15.7. The standard InChI is InChI=1S/C20H17N3O4S/c24-18(21-13-5-6-13)12-3-1-11(2-4-12)9-23-19(25)14-7-16-17(27-10-26-16)8-15(14)22-20(23)28/h1-4,7-8,13H,5-6,9-10H2,(H,21,24)(H,22,28). The third-order valence-electron chi connectivity index (χ3n) is 4.94. The van der Waals surface area contributed by atoms with E-state index in [-0.39, 0.29) is 18.3 Å². The van der Waals surface area contributed by atoms with Gasteiger partial charge in [0.05, 0.1) is 17.4 Å². The Bertz CT molecular complexity index is 1210. The molecular formula is C20H17N3O4S. The molecule has 28 heavy (non-hydrogen) atoms. The van der Waals surface area contributed by atoms with Crippen molar-refractivity contribution >= 4 is 29.0 Å². The van der Waals surface area contributed by atoms with Gasteiger partial charge in [0.15, 0.2) is 16.3 Å². The number of hydrogen-bond acceptors (Lipinski definition) is 5. The monoisotopic (exact) mass is 395 g/mol. The lowest BCUT2D eigenvalue weighted by molar-refractivity contribution is 0.0951. The number of carbonyl (C=O) groups is 1. The van der Waals surface area contributed by atoms with Crippen molar-refractivity contribution < 1.29 is 14.3 Å². The molecule has 2 N–H and O–H groups in total. The number of fused-ring (bicyclic) bond motifs is 2. The minimum Gasteiger partial charge on any atom is -0.454 e. The number of nitrogens with one attached hydrogen (secondary N) is 2. The molecule has 0 atom stereocenters. The van der Waals surface area contributed by atoms with Crippen molar-refractivity contribution in [2.45, 2.75) is 25.4 Å². The summed E-state index contributed by atoms with van der Waals surface area (Å²) in [5.74, 6) is 1.08. The van der Waals surface area contributed by atoms with Crippen LogP contribution in [0.4, 0.5) is 0 Å². The summed E-state index contributed by atoms with van der Waals surface area (Å²) in [6, 6.07) is 10.9. The first kappa shape index (κ1) is 17.0. The maximum atomic E-state index is 13.0. The topological polar surface area (TPSA) is 85.4 Å². The van der Waals surface area contributed by atoms with Crippen molar-refractivity contribution in [1.82, 2.24) is 14.9 Å². The Labute approximate surface area is 164 Å². The van der Waals surface area contributed by atoms with Crippen LogP contribution in [0.15, 0.2) is 41.2 Å². The van der Waals surface area contributed by atoms with Gasteiger partial charge in [-0.05, 0) is 48.8 Å². The van der Waals surface area contributed by atoms with E-state index in [9.17, 15) is 9.59 Å². The van der Waals surface area contributed by atoms with Crippen LogP contribution < -0.4 is 20.3 Å². The molecule has 8 heteroatoms. The highest BCUT2D eigenvalue weighted by atomic mass is 32.1. The average molecular weight is 395 g/mol. The van der Waals surface area contributed by atoms with E-state index in [1.54, 1.807) is 24.3 Å². The molecule has 2 aliphatic rings. The van der Waals surface area contributed by atoms with Crippen LogP contribution in [0.1, 0.15) is 28.8 Å². The van der Waals surface area contributed by atoms with Gasteiger partial charge in [-0.1, -0.05) is 12.1 Å². The zero-order chi connectivity index (χ0) is 19.3. The Kier molecular flexibility index (Phi) is 3.94. The Hall–Kier alpha value is -3.13. The number of amides is 1. The van der Waals surface area contributed by atoms with Gasteiger partial charge in [-0.3, -0.25) is 14.2 Å². The number of benzene rings is 2. The molecular weight excluding hydrogens is 378 g/mol. The molecule has 0 radical (unpaired) electrons. The molecule has 1 aliphatic carbocycles. The Morgan fingerprint density at radius 1 is 1.18 bits per heavy atom. The molecule has 2 heterocycles. The number of H-pyrrole nitrogens is 1. The van der Waals surface area contributed by atoms with Crippen LogP contribution in [0, 0.1) is 4.77 Å². The lowest BCUT2D eigenvalue weighted by Gasteiger charge is -2.10. The summed E-state index contributed by atoms with van der Waals surface area (Å²) in [6.07, 6.45) is 2.10. The van der Waals surface area contributed by atoms with Crippen LogP contribution in [0.3, 0.4) is 0 Å². The molecule has 1 aliphatic heterocycles. The lowest BCUT2D eigenvalue weighted by Crippen LogP contribution is -2.25. The van der Waals surface area contributed by atoms with Gasteiger partial charge >= 0.3 is 0 Å². The number of rotatable bonds is 4. The molecule has 1 amide bonds. The van der Waals surface area contributed by atoms with E-state index in [0.717, 1.165) is 18.4 Å². The van der Waals surface area contributed by atoms with Crippen LogP contribution >= 0.6 is 12.2 Å². The van der Waals surface area contributed by atoms with Crippen molar-refractivity contribution in [2.24, 2.45) is 0 Å². The van der Waals surface area contributed by atoms with Crippen molar-refractivity contribution in [2.75, 3.05) is 6.79 Å². The second kappa shape index (κ2) is 6.49. The van der Waals surface area contributed by atoms with Crippen molar-refractivity contribution in [3.63, 3.8) is 0 Å². The largest absolute Gasteiger partial charge is 0.454 e. The number of carbonyl (C=O) groups excluding carboxylic acids is 1. The van der Waals surface area contributed by atoms with Crippen LogP contribution in [0.2, 0.25) is 0 Å². The fourth-order valence-electron chi connectivity index (χ4n) is 3.23. The maximum Gasteiger partial charge on any atom is 0.262 e. The minimum atomic E-state index is -0.201. The summed E-state index contributed by atoms with van der Waals surface area (Å²) in [4.78, 5) is 28.2. The molecule has 5 rings (SSSR count). The highest BCUT2D eigenvalue weighted by Gasteiger charge is 2.23. The smallest absolute Gasteiger partial charge is 0.262 e. The van der Waals surface area contributed by atoms with Crippen molar-refractivity contribution in [3.8, 4) is 11.5 Å². The highest BCUT2D eigenvalue weighted by molar-refractivity contribution is 7.71. The number of hydrogen-bond donors (Lipinski definition) is 2. The summed E-state index contributed by atoms with van der Waals surface area (Å²) in [5, 5.41) is 3.44. The highest BCUT2D eigenvalue weighted by Crippen LogP contribution is 2.34. The van der Waals surface area contributed by atoms with E-state index in [2.05, 4.69) is 10.3 Å². The van der Waals surface area contributed by atoms with Crippen molar-refractivity contribution in [1.29, 1.82) is 0 Å². The molecule has 3 aromatic rings. The predicted molar refractivity (Wildman–Crippen MR) is 106 cm³/mol. The van der Waals surface area contributed by atoms with E-state index in [1.807, 2.05) is 12.1 Å². The summed E-state index contributed by atoms with van der Waals surface area (Å²) in [5.41, 5.74) is 1.90. The predicted octanol–water partition coefficient (Wildman–Crippen LogP) is 2.73. The van der Waals surface area contributed by atoms with Crippen LogP contribution in [0.25, 0.3) is 10.9 Å². The quantitative estimate of drug-likeness (QED) is 0.664. The number of nitrogens with zero attached hydrogens (tertiary/aromatic N) is 1. The molecule has 0 bridgehead atoms. The average Bonchev–Trinajstić information content (AvgIpc) is 3.38. The van der Waals surface area contributed by atoms with Gasteiger partial charge < -0.3 is 19.8 Å². The zero-order valence-electron chi connectivity index (χ0n) is 14.9. The first-order valence-electron chi connectivity index (χ1n) is 9.05. The summed E-state index contributed by atoms with van der Waals surface area (Å²) < 4.78 is 12.5. The molecule has 0 spiro atoms. The first-order chi connectivity index (χ1) is 13.6. The van der Waals surface area contributed by atoms with E-state index < -0.39 is 0 Å². The fourth-order valence-corrected chi connectivity index (χ4v) is 3.48. The van der Waals surface area contributed by atoms with Gasteiger partial charge in [0.25, 0.3) is 11.5 Å². The molecule has 2 aromatic carbocycles. The SMILES string of the molecule is O=C(NC1CC1)c1ccc(Cn2c(=S)[nH]c3cc4c(cc3c2=O)OCO4)cc1. The summed E-state index contributed by atoms with van der Waals surface area (Å²) in [7, 11) is 0.